The predicted molar refractivity (Wildman–Crippen MR) is 54.4 cm³/mol. The Bertz CT molecular complexity index is 416. The second-order valence-corrected chi connectivity index (χ2v) is 2.99. The number of azide groups is 1. The van der Waals surface area contributed by atoms with Gasteiger partial charge in [0.1, 0.15) is 16.7 Å². The third-order valence-electron chi connectivity index (χ3n) is 1.57. The van der Waals surface area contributed by atoms with Crippen LogP contribution in [0.3, 0.4) is 0 Å². The third kappa shape index (κ3) is 3.23. The van der Waals surface area contributed by atoms with Gasteiger partial charge >= 0.3 is 0 Å². The Hall–Kier alpha value is -1.58. The summed E-state index contributed by atoms with van der Waals surface area (Å²) in [4.78, 5) is 2.52. The van der Waals surface area contributed by atoms with Crippen molar-refractivity contribution >= 4 is 17.7 Å². The molecular formula is C9H6ClF2N3. The van der Waals surface area contributed by atoms with E-state index in [9.17, 15) is 8.78 Å². The molecule has 6 heteroatoms. The van der Waals surface area contributed by atoms with Crippen molar-refractivity contribution in [2.45, 2.75) is 0 Å². The van der Waals surface area contributed by atoms with Crippen molar-refractivity contribution in [3.63, 3.8) is 0 Å². The summed E-state index contributed by atoms with van der Waals surface area (Å²) in [7, 11) is 0. The highest BCUT2D eigenvalue weighted by molar-refractivity contribution is 6.30. The van der Waals surface area contributed by atoms with E-state index in [4.69, 9.17) is 17.1 Å². The second-order valence-electron chi connectivity index (χ2n) is 2.61. The van der Waals surface area contributed by atoms with Gasteiger partial charge in [0, 0.05) is 11.5 Å². The molecule has 1 aromatic rings. The van der Waals surface area contributed by atoms with Gasteiger partial charge in [-0.3, -0.25) is 0 Å². The molecule has 0 amide bonds. The zero-order chi connectivity index (χ0) is 11.3. The summed E-state index contributed by atoms with van der Waals surface area (Å²) in [6.45, 7) is 0.127. The van der Waals surface area contributed by atoms with Gasteiger partial charge in [0.25, 0.3) is 0 Å². The average molecular weight is 230 g/mol. The van der Waals surface area contributed by atoms with Crippen LogP contribution in [-0.4, -0.2) is 6.54 Å². The number of rotatable bonds is 3. The van der Waals surface area contributed by atoms with Crippen LogP contribution >= 0.6 is 11.6 Å². The molecule has 0 heterocycles. The fraction of sp³-hybridized carbons (Fsp3) is 0.111. The Morgan fingerprint density at radius 2 is 2.00 bits per heavy atom. The monoisotopic (exact) mass is 229 g/mol. The molecule has 0 aliphatic heterocycles. The number of hydrogen-bond acceptors (Lipinski definition) is 1. The van der Waals surface area contributed by atoms with Crippen molar-refractivity contribution in [2.24, 2.45) is 5.11 Å². The normalized spacial score (nSPS) is 10.3. The van der Waals surface area contributed by atoms with Gasteiger partial charge in [-0.2, -0.15) is 0 Å². The maximum absolute atomic E-state index is 12.9. The third-order valence-corrected chi connectivity index (χ3v) is 1.93. The van der Waals surface area contributed by atoms with Gasteiger partial charge in [0.2, 0.25) is 0 Å². The van der Waals surface area contributed by atoms with E-state index >= 15 is 0 Å². The lowest BCUT2D eigenvalue weighted by atomic mass is 10.2. The average Bonchev–Trinajstić information content (AvgIpc) is 2.21. The van der Waals surface area contributed by atoms with E-state index in [0.29, 0.717) is 5.56 Å². The van der Waals surface area contributed by atoms with Gasteiger partial charge in [-0.1, -0.05) is 28.9 Å². The summed E-state index contributed by atoms with van der Waals surface area (Å²) in [5.74, 6) is -1.64. The number of hydrogen-bond donors (Lipinski definition) is 0. The van der Waals surface area contributed by atoms with E-state index in [-0.39, 0.29) is 6.54 Å². The van der Waals surface area contributed by atoms with Gasteiger partial charge in [-0.05, 0) is 23.2 Å². The first-order valence-electron chi connectivity index (χ1n) is 3.97. The predicted octanol–water partition coefficient (Wildman–Crippen LogP) is 3.94. The molecule has 0 unspecified atom stereocenters. The first-order valence-corrected chi connectivity index (χ1v) is 4.35. The molecule has 0 atom stereocenters. The zero-order valence-electron chi connectivity index (χ0n) is 7.49. The van der Waals surface area contributed by atoms with Gasteiger partial charge in [0.15, 0.2) is 0 Å². The maximum Gasteiger partial charge on any atom is 0.145 e. The summed E-state index contributed by atoms with van der Waals surface area (Å²) in [6, 6.07) is 2.19. The quantitative estimate of drug-likeness (QED) is 0.326. The van der Waals surface area contributed by atoms with Crippen LogP contribution in [0.5, 0.6) is 0 Å². The molecule has 0 fully saturated rings. The minimum atomic E-state index is -0.819. The Morgan fingerprint density at radius 1 is 1.40 bits per heavy atom. The summed E-state index contributed by atoms with van der Waals surface area (Å²) in [5, 5.41) is 2.70. The van der Waals surface area contributed by atoms with Crippen LogP contribution in [0.2, 0.25) is 5.02 Å². The van der Waals surface area contributed by atoms with Crippen molar-refractivity contribution in [2.75, 3.05) is 6.54 Å². The lowest BCUT2D eigenvalue weighted by Crippen LogP contribution is -1.85. The maximum atomic E-state index is 12.9. The largest absolute Gasteiger partial charge is 0.205 e. The van der Waals surface area contributed by atoms with E-state index < -0.39 is 16.7 Å². The first kappa shape index (κ1) is 11.5. The summed E-state index contributed by atoms with van der Waals surface area (Å²) in [5.41, 5.74) is 8.30. The highest BCUT2D eigenvalue weighted by Gasteiger charge is 2.06. The molecule has 1 aromatic carbocycles. The molecular weight excluding hydrogens is 224 g/mol. The molecule has 0 radical (unpaired) electrons. The molecule has 0 spiro atoms. The van der Waals surface area contributed by atoms with Crippen LogP contribution in [0.15, 0.2) is 23.3 Å². The molecule has 0 aliphatic carbocycles. The van der Waals surface area contributed by atoms with E-state index in [1.807, 2.05) is 0 Å². The van der Waals surface area contributed by atoms with Gasteiger partial charge in [0.05, 0.1) is 0 Å². The van der Waals surface area contributed by atoms with Gasteiger partial charge < -0.3 is 0 Å². The molecule has 0 aliphatic rings. The fourth-order valence-corrected chi connectivity index (χ4v) is 1.05. The van der Waals surface area contributed by atoms with Crippen LogP contribution in [0, 0.1) is 11.6 Å². The minimum Gasteiger partial charge on any atom is -0.205 e. The first-order chi connectivity index (χ1) is 7.15. The van der Waals surface area contributed by atoms with E-state index in [1.54, 1.807) is 0 Å². The van der Waals surface area contributed by atoms with Crippen LogP contribution in [-0.2, 0) is 0 Å². The molecule has 78 valence electrons. The molecule has 0 saturated carbocycles. The lowest BCUT2D eigenvalue weighted by molar-refractivity contribution is 0.583. The Balaban J connectivity index is 2.87. The summed E-state index contributed by atoms with van der Waals surface area (Å²) >= 11 is 5.29. The van der Waals surface area contributed by atoms with Crippen molar-refractivity contribution in [3.8, 4) is 0 Å². The topological polar surface area (TPSA) is 48.8 Å². The molecule has 3 nitrogen and oxygen atoms in total. The van der Waals surface area contributed by atoms with Crippen LogP contribution in [0.1, 0.15) is 5.56 Å². The van der Waals surface area contributed by atoms with Crippen molar-refractivity contribution in [1.82, 2.24) is 0 Å². The Kier molecular flexibility index (Phi) is 4.09. The van der Waals surface area contributed by atoms with Crippen molar-refractivity contribution < 1.29 is 8.78 Å². The van der Waals surface area contributed by atoms with Crippen LogP contribution in [0.25, 0.3) is 16.5 Å². The number of halogens is 3. The zero-order valence-corrected chi connectivity index (χ0v) is 8.25. The Labute approximate surface area is 89.6 Å². The SMILES string of the molecule is [N-]=[N+]=NCC=Cc1cc(F)c(Cl)c(F)c1. The highest BCUT2D eigenvalue weighted by atomic mass is 35.5. The van der Waals surface area contributed by atoms with E-state index in [2.05, 4.69) is 10.0 Å². The smallest absolute Gasteiger partial charge is 0.145 e. The summed E-state index contributed by atoms with van der Waals surface area (Å²) in [6.07, 6.45) is 2.93. The minimum absolute atomic E-state index is 0.127. The highest BCUT2D eigenvalue weighted by Crippen LogP contribution is 2.20. The van der Waals surface area contributed by atoms with E-state index in [1.165, 1.54) is 12.2 Å². The summed E-state index contributed by atoms with van der Waals surface area (Å²) < 4.78 is 25.9. The second kappa shape index (κ2) is 5.34. The molecule has 15 heavy (non-hydrogen) atoms. The van der Waals surface area contributed by atoms with Gasteiger partial charge in [-0.15, -0.1) is 0 Å². The molecule has 0 bridgehead atoms. The van der Waals surface area contributed by atoms with E-state index in [0.717, 1.165) is 12.1 Å². The lowest BCUT2D eigenvalue weighted by Gasteiger charge is -1.98. The van der Waals surface area contributed by atoms with Gasteiger partial charge in [-0.25, -0.2) is 8.78 Å². The van der Waals surface area contributed by atoms with Crippen molar-refractivity contribution in [1.29, 1.82) is 0 Å². The number of benzene rings is 1. The standard InChI is InChI=1S/C9H6ClF2N3/c10-9-7(11)4-6(5-8(9)12)2-1-3-14-15-13/h1-2,4-5H,3H2. The molecule has 0 N–H and O–H groups in total. The van der Waals surface area contributed by atoms with Crippen molar-refractivity contribution in [3.05, 3.63) is 50.9 Å². The molecule has 0 aromatic heterocycles. The van der Waals surface area contributed by atoms with Crippen LogP contribution in [0.4, 0.5) is 8.78 Å². The van der Waals surface area contributed by atoms with Crippen LogP contribution < -0.4 is 0 Å². The number of nitrogens with zero attached hydrogens (tertiary/aromatic N) is 3. The molecule has 1 rings (SSSR count). The fourth-order valence-electron chi connectivity index (χ4n) is 0.944. The molecule has 0 saturated heterocycles. The Morgan fingerprint density at radius 3 is 2.53 bits per heavy atom.